The molecule has 0 amide bonds. The van der Waals surface area contributed by atoms with Crippen molar-refractivity contribution in [3.8, 4) is 10.8 Å². The van der Waals surface area contributed by atoms with E-state index < -0.39 is 21.7 Å². The van der Waals surface area contributed by atoms with Gasteiger partial charge in [0.15, 0.2) is 11.6 Å². The number of hydrogen-bond acceptors (Lipinski definition) is 6. The average Bonchev–Trinajstić information content (AvgIpc) is 3.33. The van der Waals surface area contributed by atoms with E-state index in [9.17, 15) is 17.2 Å². The fourth-order valence-electron chi connectivity index (χ4n) is 3.20. The van der Waals surface area contributed by atoms with Gasteiger partial charge >= 0.3 is 0 Å². The lowest BCUT2D eigenvalue weighted by Crippen LogP contribution is -2.39. The van der Waals surface area contributed by atoms with Crippen LogP contribution in [0.5, 0.6) is 0 Å². The second kappa shape index (κ2) is 7.34. The minimum atomic E-state index is -3.95. The van der Waals surface area contributed by atoms with E-state index in [1.54, 1.807) is 0 Å². The molecule has 4 rings (SSSR count). The third-order valence-electron chi connectivity index (χ3n) is 4.65. The summed E-state index contributed by atoms with van der Waals surface area (Å²) in [5.41, 5.74) is 0. The number of aryl methyl sites for hydroxylation is 1. The summed E-state index contributed by atoms with van der Waals surface area (Å²) in [6.45, 7) is 2.42. The number of nitrogens with zero attached hydrogens (tertiary/aromatic N) is 3. The summed E-state index contributed by atoms with van der Waals surface area (Å²) in [7, 11) is -3.95. The molecule has 0 radical (unpaired) electrons. The molecule has 3 aromatic rings. The largest absolute Gasteiger partial charge is 0.420 e. The van der Waals surface area contributed by atoms with Crippen molar-refractivity contribution in [3.63, 3.8) is 0 Å². The molecule has 2 aromatic heterocycles. The van der Waals surface area contributed by atoms with Gasteiger partial charge in [-0.1, -0.05) is 0 Å². The SMILES string of the molecule is Cc1ccc(-c2nnc([C@H]3CCCN(S(=O)(=O)c4ccc(F)c(F)c4)C3)o2)s1. The third kappa shape index (κ3) is 3.59. The topological polar surface area (TPSA) is 76.3 Å². The van der Waals surface area contributed by atoms with Crippen LogP contribution < -0.4 is 0 Å². The van der Waals surface area contributed by atoms with Gasteiger partial charge in [0.2, 0.25) is 15.9 Å². The average molecular weight is 425 g/mol. The highest BCUT2D eigenvalue weighted by molar-refractivity contribution is 7.89. The van der Waals surface area contributed by atoms with Crippen molar-refractivity contribution < 1.29 is 21.6 Å². The predicted octanol–water partition coefficient (Wildman–Crippen LogP) is 3.95. The van der Waals surface area contributed by atoms with Crippen molar-refractivity contribution in [2.45, 2.75) is 30.6 Å². The molecule has 1 fully saturated rings. The Kier molecular flexibility index (Phi) is 5.02. The normalized spacial score (nSPS) is 18.5. The van der Waals surface area contributed by atoms with E-state index in [1.807, 2.05) is 19.1 Å². The zero-order chi connectivity index (χ0) is 19.9. The first kappa shape index (κ1) is 19.2. The van der Waals surface area contributed by atoms with Crippen molar-refractivity contribution in [1.29, 1.82) is 0 Å². The van der Waals surface area contributed by atoms with Gasteiger partial charge in [-0.3, -0.25) is 0 Å². The zero-order valence-corrected chi connectivity index (χ0v) is 16.6. The van der Waals surface area contributed by atoms with E-state index >= 15 is 0 Å². The van der Waals surface area contributed by atoms with Gasteiger partial charge < -0.3 is 4.42 Å². The Morgan fingerprint density at radius 1 is 1.18 bits per heavy atom. The van der Waals surface area contributed by atoms with Crippen LogP contribution in [0.2, 0.25) is 0 Å². The molecule has 3 heterocycles. The fraction of sp³-hybridized carbons (Fsp3) is 0.333. The third-order valence-corrected chi connectivity index (χ3v) is 7.50. The highest BCUT2D eigenvalue weighted by Gasteiger charge is 2.33. The number of halogens is 2. The molecule has 0 unspecified atom stereocenters. The maximum absolute atomic E-state index is 13.5. The first-order chi connectivity index (χ1) is 13.3. The summed E-state index contributed by atoms with van der Waals surface area (Å²) in [6.07, 6.45) is 1.30. The monoisotopic (exact) mass is 425 g/mol. The quantitative estimate of drug-likeness (QED) is 0.633. The Morgan fingerprint density at radius 2 is 2.00 bits per heavy atom. The molecule has 0 saturated carbocycles. The molecule has 1 aliphatic heterocycles. The van der Waals surface area contributed by atoms with Crippen LogP contribution in [0, 0.1) is 18.6 Å². The molecule has 0 spiro atoms. The lowest BCUT2D eigenvalue weighted by Gasteiger charge is -2.30. The first-order valence-corrected chi connectivity index (χ1v) is 11.0. The molecular weight excluding hydrogens is 408 g/mol. The highest BCUT2D eigenvalue weighted by atomic mass is 32.2. The molecule has 0 aliphatic carbocycles. The van der Waals surface area contributed by atoms with Gasteiger partial charge in [0.05, 0.1) is 15.7 Å². The van der Waals surface area contributed by atoms with Crippen LogP contribution >= 0.6 is 11.3 Å². The van der Waals surface area contributed by atoms with Gasteiger partial charge in [0.1, 0.15) is 0 Å². The molecule has 1 aromatic carbocycles. The lowest BCUT2D eigenvalue weighted by atomic mass is 10.00. The van der Waals surface area contributed by atoms with Crippen LogP contribution in [-0.2, 0) is 10.0 Å². The maximum atomic E-state index is 13.5. The standard InChI is InChI=1S/C18H17F2N3O3S2/c1-11-4-7-16(27-11)18-22-21-17(26-18)12-3-2-8-23(10-12)28(24,25)13-5-6-14(19)15(20)9-13/h4-7,9,12H,2-3,8,10H2,1H3/t12-/m0/s1. The first-order valence-electron chi connectivity index (χ1n) is 8.70. The van der Waals surface area contributed by atoms with E-state index in [-0.39, 0.29) is 17.4 Å². The van der Waals surface area contributed by atoms with E-state index in [2.05, 4.69) is 10.2 Å². The van der Waals surface area contributed by atoms with E-state index in [4.69, 9.17) is 4.42 Å². The van der Waals surface area contributed by atoms with E-state index in [0.29, 0.717) is 37.2 Å². The number of benzene rings is 1. The van der Waals surface area contributed by atoms with Gasteiger partial charge in [0, 0.05) is 18.0 Å². The number of sulfonamides is 1. The Hall–Kier alpha value is -2.17. The van der Waals surface area contributed by atoms with Gasteiger partial charge in [0.25, 0.3) is 5.89 Å². The fourth-order valence-corrected chi connectivity index (χ4v) is 5.52. The van der Waals surface area contributed by atoms with E-state index in [0.717, 1.165) is 21.9 Å². The summed E-state index contributed by atoms with van der Waals surface area (Å²) >= 11 is 1.54. The molecule has 0 N–H and O–H groups in total. The molecule has 1 aliphatic rings. The second-order valence-corrected chi connectivity index (χ2v) is 9.86. The predicted molar refractivity (Wildman–Crippen MR) is 99.4 cm³/mol. The second-order valence-electron chi connectivity index (χ2n) is 6.63. The molecule has 28 heavy (non-hydrogen) atoms. The summed E-state index contributed by atoms with van der Waals surface area (Å²) < 4.78 is 59.3. The number of piperidine rings is 1. The van der Waals surface area contributed by atoms with Gasteiger partial charge in [-0.25, -0.2) is 17.2 Å². The van der Waals surface area contributed by atoms with Gasteiger partial charge in [-0.2, -0.15) is 4.31 Å². The minimum absolute atomic E-state index is 0.145. The summed E-state index contributed by atoms with van der Waals surface area (Å²) in [5.74, 6) is -1.74. The zero-order valence-electron chi connectivity index (χ0n) is 14.9. The van der Waals surface area contributed by atoms with Crippen molar-refractivity contribution >= 4 is 21.4 Å². The molecule has 6 nitrogen and oxygen atoms in total. The Bertz CT molecular complexity index is 1110. The van der Waals surface area contributed by atoms with Crippen LogP contribution in [0.1, 0.15) is 29.5 Å². The number of rotatable bonds is 4. The molecule has 1 saturated heterocycles. The molecule has 10 heteroatoms. The molecule has 148 valence electrons. The number of aromatic nitrogens is 2. The number of thiophene rings is 1. The van der Waals surface area contributed by atoms with Crippen LogP contribution in [0.15, 0.2) is 39.6 Å². The van der Waals surface area contributed by atoms with Gasteiger partial charge in [-0.15, -0.1) is 21.5 Å². The molecular formula is C18H17F2N3O3S2. The Balaban J connectivity index is 1.56. The van der Waals surface area contributed by atoms with Crippen molar-refractivity contribution in [2.75, 3.05) is 13.1 Å². The van der Waals surface area contributed by atoms with Crippen LogP contribution in [0.3, 0.4) is 0 Å². The number of hydrogen-bond donors (Lipinski definition) is 0. The van der Waals surface area contributed by atoms with E-state index in [1.165, 1.54) is 15.6 Å². The Morgan fingerprint density at radius 3 is 2.71 bits per heavy atom. The van der Waals surface area contributed by atoms with Crippen LogP contribution in [-0.4, -0.2) is 36.0 Å². The maximum Gasteiger partial charge on any atom is 0.257 e. The molecule has 0 bridgehead atoms. The van der Waals surface area contributed by atoms with Crippen molar-refractivity contribution in [2.24, 2.45) is 0 Å². The van der Waals surface area contributed by atoms with Crippen LogP contribution in [0.4, 0.5) is 8.78 Å². The van der Waals surface area contributed by atoms with Crippen LogP contribution in [0.25, 0.3) is 10.8 Å². The lowest BCUT2D eigenvalue weighted by molar-refractivity contribution is 0.286. The summed E-state index contributed by atoms with van der Waals surface area (Å²) in [5, 5.41) is 8.18. The van der Waals surface area contributed by atoms with Crippen molar-refractivity contribution in [1.82, 2.24) is 14.5 Å². The molecule has 1 atom stereocenters. The highest BCUT2D eigenvalue weighted by Crippen LogP contribution is 2.33. The summed E-state index contributed by atoms with van der Waals surface area (Å²) in [4.78, 5) is 1.71. The van der Waals surface area contributed by atoms with Crippen molar-refractivity contribution in [3.05, 3.63) is 52.7 Å². The minimum Gasteiger partial charge on any atom is -0.420 e. The Labute approximate surface area is 164 Å². The van der Waals surface area contributed by atoms with Gasteiger partial charge in [-0.05, 0) is 50.1 Å². The smallest absolute Gasteiger partial charge is 0.257 e. The summed E-state index contributed by atoms with van der Waals surface area (Å²) in [6, 6.07) is 6.45.